The summed E-state index contributed by atoms with van der Waals surface area (Å²) >= 11 is 0. The molecule has 3 nitrogen and oxygen atoms in total. The van der Waals surface area contributed by atoms with Crippen molar-refractivity contribution < 1.29 is 14.6 Å². The number of carbonyl (C=O) groups excluding carboxylic acids is 1. The first kappa shape index (κ1) is 23.0. The molecule has 5 saturated carbocycles. The number of hydrogen-bond donors (Lipinski definition) is 1. The smallest absolute Gasteiger partial charge is 0.142 e. The summed E-state index contributed by atoms with van der Waals surface area (Å²) in [6, 6.07) is 0. The van der Waals surface area contributed by atoms with Gasteiger partial charge in [0.05, 0.1) is 23.7 Å². The SMILES string of the molecule is CC1(C)CCC23COC4(CCC5C6(C)CCC(O)C(C)(C)C6CCC5(C)C4(C)CC2=O)C3C1. The van der Waals surface area contributed by atoms with Gasteiger partial charge in [-0.1, -0.05) is 48.5 Å². The summed E-state index contributed by atoms with van der Waals surface area (Å²) in [7, 11) is 0. The Labute approximate surface area is 201 Å². The molecular weight excluding hydrogens is 408 g/mol. The first-order valence-corrected chi connectivity index (χ1v) is 14.0. The number of Topliss-reactive ketones (excluding diaryl/α,β-unsaturated/α-hetero) is 1. The van der Waals surface area contributed by atoms with Crippen LogP contribution in [0.1, 0.15) is 113 Å². The number of carbonyl (C=O) groups is 1. The second-order valence-corrected chi connectivity index (χ2v) is 15.7. The van der Waals surface area contributed by atoms with E-state index in [-0.39, 0.29) is 38.8 Å². The average molecular weight is 457 g/mol. The summed E-state index contributed by atoms with van der Waals surface area (Å²) in [5, 5.41) is 10.9. The highest BCUT2D eigenvalue weighted by atomic mass is 16.5. The van der Waals surface area contributed by atoms with E-state index >= 15 is 0 Å². The normalized spacial score (nSPS) is 58.6. The van der Waals surface area contributed by atoms with Crippen LogP contribution in [-0.4, -0.2) is 29.2 Å². The number of ketones is 1. The molecule has 0 aromatic carbocycles. The van der Waals surface area contributed by atoms with Crippen LogP contribution in [0.3, 0.4) is 0 Å². The monoisotopic (exact) mass is 456 g/mol. The lowest BCUT2D eigenvalue weighted by Crippen LogP contribution is -2.73. The van der Waals surface area contributed by atoms with E-state index in [1.54, 1.807) is 0 Å². The Morgan fingerprint density at radius 1 is 0.818 bits per heavy atom. The third-order valence-corrected chi connectivity index (χ3v) is 13.9. The molecule has 0 aromatic rings. The summed E-state index contributed by atoms with van der Waals surface area (Å²) < 4.78 is 7.05. The van der Waals surface area contributed by atoms with Crippen molar-refractivity contribution in [1.29, 1.82) is 0 Å². The molecule has 3 heteroatoms. The molecule has 6 rings (SSSR count). The molecule has 1 heterocycles. The second kappa shape index (κ2) is 6.28. The van der Waals surface area contributed by atoms with Crippen molar-refractivity contribution in [3.8, 4) is 0 Å². The van der Waals surface area contributed by atoms with Crippen LogP contribution in [-0.2, 0) is 9.53 Å². The lowest BCUT2D eigenvalue weighted by Gasteiger charge is -2.74. The Morgan fingerprint density at radius 3 is 2.24 bits per heavy atom. The van der Waals surface area contributed by atoms with Gasteiger partial charge in [-0.2, -0.15) is 0 Å². The first-order valence-electron chi connectivity index (χ1n) is 14.0. The fourth-order valence-corrected chi connectivity index (χ4v) is 11.7. The quantitative estimate of drug-likeness (QED) is 0.449. The topological polar surface area (TPSA) is 46.5 Å². The van der Waals surface area contributed by atoms with Crippen molar-refractivity contribution in [1.82, 2.24) is 0 Å². The molecule has 1 saturated heterocycles. The maximum atomic E-state index is 14.1. The van der Waals surface area contributed by atoms with E-state index in [1.165, 1.54) is 19.3 Å². The molecule has 0 radical (unpaired) electrons. The number of ether oxygens (including phenoxy) is 1. The molecule has 9 atom stereocenters. The summed E-state index contributed by atoms with van der Waals surface area (Å²) in [5.74, 6) is 2.09. The maximum absolute atomic E-state index is 14.1. The van der Waals surface area contributed by atoms with Crippen molar-refractivity contribution in [2.45, 2.75) is 124 Å². The molecule has 186 valence electrons. The Morgan fingerprint density at radius 2 is 1.52 bits per heavy atom. The highest BCUT2D eigenvalue weighted by Crippen LogP contribution is 2.79. The fraction of sp³-hybridized carbons (Fsp3) is 0.967. The molecular formula is C30H48O3. The van der Waals surface area contributed by atoms with Gasteiger partial charge in [0, 0.05) is 17.8 Å². The fourth-order valence-electron chi connectivity index (χ4n) is 11.7. The molecule has 0 amide bonds. The van der Waals surface area contributed by atoms with Crippen molar-refractivity contribution in [2.75, 3.05) is 6.61 Å². The van der Waals surface area contributed by atoms with Crippen LogP contribution in [0, 0.1) is 50.2 Å². The zero-order valence-corrected chi connectivity index (χ0v) is 22.4. The molecule has 1 spiro atoms. The lowest BCUT2D eigenvalue weighted by molar-refractivity contribution is -0.282. The summed E-state index contributed by atoms with van der Waals surface area (Å²) in [6.07, 6.45) is 10.6. The van der Waals surface area contributed by atoms with Gasteiger partial charge >= 0.3 is 0 Å². The zero-order chi connectivity index (χ0) is 23.9. The number of aliphatic hydroxyl groups excluding tert-OH is 1. The average Bonchev–Trinajstić information content (AvgIpc) is 2.99. The molecule has 5 aliphatic carbocycles. The lowest BCUT2D eigenvalue weighted by atomic mass is 9.30. The summed E-state index contributed by atoms with van der Waals surface area (Å²) in [6.45, 7) is 17.8. The van der Waals surface area contributed by atoms with Crippen LogP contribution in [0.5, 0.6) is 0 Å². The molecule has 1 N–H and O–H groups in total. The van der Waals surface area contributed by atoms with Gasteiger partial charge in [-0.15, -0.1) is 0 Å². The minimum atomic E-state index is -0.198. The van der Waals surface area contributed by atoms with Gasteiger partial charge in [0.15, 0.2) is 0 Å². The van der Waals surface area contributed by atoms with E-state index in [2.05, 4.69) is 48.5 Å². The zero-order valence-electron chi connectivity index (χ0n) is 22.4. The van der Waals surface area contributed by atoms with Gasteiger partial charge in [0.1, 0.15) is 5.78 Å². The van der Waals surface area contributed by atoms with Crippen molar-refractivity contribution in [2.24, 2.45) is 50.2 Å². The van der Waals surface area contributed by atoms with Gasteiger partial charge in [-0.05, 0) is 91.3 Å². The van der Waals surface area contributed by atoms with E-state index in [1.807, 2.05) is 0 Å². The van der Waals surface area contributed by atoms with Gasteiger partial charge in [-0.3, -0.25) is 4.79 Å². The third-order valence-electron chi connectivity index (χ3n) is 13.9. The highest BCUT2D eigenvalue weighted by molar-refractivity contribution is 5.88. The molecule has 33 heavy (non-hydrogen) atoms. The molecule has 1 aliphatic heterocycles. The maximum Gasteiger partial charge on any atom is 0.142 e. The first-order chi connectivity index (χ1) is 15.2. The Balaban J connectivity index is 1.46. The van der Waals surface area contributed by atoms with Crippen molar-refractivity contribution in [3.05, 3.63) is 0 Å². The van der Waals surface area contributed by atoms with Crippen molar-refractivity contribution >= 4 is 5.78 Å². The van der Waals surface area contributed by atoms with E-state index in [4.69, 9.17) is 4.74 Å². The van der Waals surface area contributed by atoms with E-state index < -0.39 is 0 Å². The standard InChI is InChI=1S/C30H48O3/c1-24(2)14-15-29-18-33-30(21(29)16-24)13-9-20-26(5)11-10-22(31)25(3,4)19(26)8-12-27(20,6)28(30,7)17-23(29)32/h19-22,31H,8-18H2,1-7H3. The molecule has 9 unspecified atom stereocenters. The second-order valence-electron chi connectivity index (χ2n) is 15.7. The minimum Gasteiger partial charge on any atom is -0.393 e. The molecule has 6 aliphatic rings. The van der Waals surface area contributed by atoms with E-state index in [0.29, 0.717) is 35.6 Å². The molecule has 2 bridgehead atoms. The summed E-state index contributed by atoms with van der Waals surface area (Å²) in [5.41, 5.74) is 0.210. The van der Waals surface area contributed by atoms with Crippen LogP contribution < -0.4 is 0 Å². The number of fused-ring (bicyclic) bond motifs is 4. The van der Waals surface area contributed by atoms with Crippen LogP contribution in [0.25, 0.3) is 0 Å². The Bertz CT molecular complexity index is 891. The minimum absolute atomic E-state index is 0.0286. The Hall–Kier alpha value is -0.410. The van der Waals surface area contributed by atoms with Gasteiger partial charge in [-0.25, -0.2) is 0 Å². The number of rotatable bonds is 0. The number of hydrogen-bond acceptors (Lipinski definition) is 3. The highest BCUT2D eigenvalue weighted by Gasteiger charge is 2.80. The largest absolute Gasteiger partial charge is 0.393 e. The van der Waals surface area contributed by atoms with Gasteiger partial charge < -0.3 is 9.84 Å². The van der Waals surface area contributed by atoms with Gasteiger partial charge in [0.25, 0.3) is 0 Å². The van der Waals surface area contributed by atoms with E-state index in [0.717, 1.165) is 44.9 Å². The Kier molecular flexibility index (Phi) is 4.38. The summed E-state index contributed by atoms with van der Waals surface area (Å²) in [4.78, 5) is 14.1. The third kappa shape index (κ3) is 2.39. The van der Waals surface area contributed by atoms with Gasteiger partial charge in [0.2, 0.25) is 0 Å². The van der Waals surface area contributed by atoms with Crippen LogP contribution in [0.4, 0.5) is 0 Å². The van der Waals surface area contributed by atoms with Crippen LogP contribution in [0.15, 0.2) is 0 Å². The molecule has 0 aromatic heterocycles. The molecule has 6 fully saturated rings. The number of aliphatic hydroxyl groups is 1. The van der Waals surface area contributed by atoms with Crippen LogP contribution in [0.2, 0.25) is 0 Å². The van der Waals surface area contributed by atoms with Crippen LogP contribution >= 0.6 is 0 Å². The predicted octanol–water partition coefficient (Wildman–Crippen LogP) is 6.56. The van der Waals surface area contributed by atoms with E-state index in [9.17, 15) is 9.90 Å². The van der Waals surface area contributed by atoms with Crippen molar-refractivity contribution in [3.63, 3.8) is 0 Å². The predicted molar refractivity (Wildman–Crippen MR) is 131 cm³/mol.